The highest BCUT2D eigenvalue weighted by Crippen LogP contribution is 2.36. The Morgan fingerprint density at radius 1 is 1.12 bits per heavy atom. The van der Waals surface area contributed by atoms with Gasteiger partial charge >= 0.3 is 5.97 Å². The minimum atomic E-state index is -0.216. The zero-order chi connectivity index (χ0) is 17.9. The number of carbonyl (C=O) groups is 1. The summed E-state index contributed by atoms with van der Waals surface area (Å²) in [7, 11) is 2.39. The molecule has 2 saturated heterocycles. The van der Waals surface area contributed by atoms with Crippen LogP contribution in [0.2, 0.25) is 0 Å². The van der Waals surface area contributed by atoms with Gasteiger partial charge < -0.3 is 14.0 Å². The highest BCUT2D eigenvalue weighted by atomic mass is 16.5. The molecular weight excluding hydrogens is 314 g/mol. The van der Waals surface area contributed by atoms with Crippen molar-refractivity contribution in [3.8, 4) is 5.75 Å². The fourth-order valence-corrected chi connectivity index (χ4v) is 4.64. The smallest absolute Gasteiger partial charge is 0.338 e. The molecule has 0 radical (unpaired) electrons. The summed E-state index contributed by atoms with van der Waals surface area (Å²) in [6.07, 6.45) is 6.50. The summed E-state index contributed by atoms with van der Waals surface area (Å²) < 4.78 is 12.5. The normalized spacial score (nSPS) is 29.1. The van der Waals surface area contributed by atoms with E-state index in [0.717, 1.165) is 5.75 Å². The molecule has 1 aromatic carbocycles. The van der Waals surface area contributed by atoms with Crippen LogP contribution in [0.25, 0.3) is 0 Å². The lowest BCUT2D eigenvalue weighted by atomic mass is 9.82. The van der Waals surface area contributed by atoms with Crippen LogP contribution in [0.5, 0.6) is 5.75 Å². The Labute approximate surface area is 151 Å². The lowest BCUT2D eigenvalue weighted by Gasteiger charge is -2.51. The first-order valence-corrected chi connectivity index (χ1v) is 9.76. The molecule has 25 heavy (non-hydrogen) atoms. The first kappa shape index (κ1) is 18.2. The average Bonchev–Trinajstić information content (AvgIpc) is 2.59. The second-order valence-corrected chi connectivity index (χ2v) is 8.18. The Morgan fingerprint density at radius 2 is 1.84 bits per heavy atom. The molecule has 0 N–H and O–H groups in total. The maximum atomic E-state index is 12.4. The van der Waals surface area contributed by atoms with E-state index in [2.05, 4.69) is 7.05 Å². The molecule has 2 heterocycles. The van der Waals surface area contributed by atoms with Crippen LogP contribution >= 0.6 is 0 Å². The highest BCUT2D eigenvalue weighted by Gasteiger charge is 2.43. The quantitative estimate of drug-likeness (QED) is 0.596. The third kappa shape index (κ3) is 4.35. The van der Waals surface area contributed by atoms with Gasteiger partial charge in [0.15, 0.2) is 0 Å². The Balaban J connectivity index is 1.56. The van der Waals surface area contributed by atoms with Crippen molar-refractivity contribution < 1.29 is 18.8 Å². The van der Waals surface area contributed by atoms with Crippen LogP contribution in [0.1, 0.15) is 56.3 Å². The van der Waals surface area contributed by atoms with E-state index in [4.69, 9.17) is 9.47 Å². The van der Waals surface area contributed by atoms with E-state index < -0.39 is 0 Å². The van der Waals surface area contributed by atoms with Crippen molar-refractivity contribution in [2.45, 2.75) is 58.1 Å². The van der Waals surface area contributed by atoms with Gasteiger partial charge in [0.25, 0.3) is 0 Å². The molecule has 0 unspecified atom stereocenters. The Hall–Kier alpha value is -1.55. The monoisotopic (exact) mass is 346 g/mol. The molecule has 4 heteroatoms. The summed E-state index contributed by atoms with van der Waals surface area (Å²) >= 11 is 0. The summed E-state index contributed by atoms with van der Waals surface area (Å²) in [4.78, 5) is 12.4. The molecule has 0 bridgehead atoms. The maximum absolute atomic E-state index is 12.4. The van der Waals surface area contributed by atoms with Crippen LogP contribution in [0, 0.1) is 5.92 Å². The molecule has 0 saturated carbocycles. The van der Waals surface area contributed by atoms with Crippen molar-refractivity contribution in [3.63, 3.8) is 0 Å². The van der Waals surface area contributed by atoms with Crippen molar-refractivity contribution in [1.29, 1.82) is 0 Å². The number of benzene rings is 1. The van der Waals surface area contributed by atoms with E-state index in [-0.39, 0.29) is 12.1 Å². The maximum Gasteiger partial charge on any atom is 0.338 e. The van der Waals surface area contributed by atoms with Crippen LogP contribution in [0.3, 0.4) is 0 Å². The van der Waals surface area contributed by atoms with E-state index in [1.54, 1.807) is 12.1 Å². The minimum absolute atomic E-state index is 0.132. The van der Waals surface area contributed by atoms with E-state index in [1.807, 2.05) is 26.0 Å². The number of fused-ring (bicyclic) bond motifs is 1. The van der Waals surface area contributed by atoms with Crippen LogP contribution in [-0.4, -0.2) is 49.3 Å². The number of hydrogen-bond donors (Lipinski definition) is 0. The fraction of sp³-hybridized carbons (Fsp3) is 0.667. The van der Waals surface area contributed by atoms with Gasteiger partial charge in [0.2, 0.25) is 0 Å². The van der Waals surface area contributed by atoms with Gasteiger partial charge in [0.1, 0.15) is 12.4 Å². The lowest BCUT2D eigenvalue weighted by Crippen LogP contribution is -2.61. The number of quaternary nitrogens is 1. The molecule has 4 nitrogen and oxygen atoms in total. The first-order valence-electron chi connectivity index (χ1n) is 9.76. The van der Waals surface area contributed by atoms with Crippen molar-refractivity contribution >= 4 is 5.97 Å². The minimum Gasteiger partial charge on any atom is -0.491 e. The lowest BCUT2D eigenvalue weighted by molar-refractivity contribution is -0.947. The Bertz CT molecular complexity index is 579. The predicted molar refractivity (Wildman–Crippen MR) is 98.8 cm³/mol. The van der Waals surface area contributed by atoms with E-state index in [1.165, 1.54) is 49.7 Å². The van der Waals surface area contributed by atoms with Crippen molar-refractivity contribution in [2.24, 2.45) is 5.92 Å². The molecule has 3 rings (SSSR count). The van der Waals surface area contributed by atoms with Gasteiger partial charge in [-0.1, -0.05) is 0 Å². The third-order valence-corrected chi connectivity index (χ3v) is 5.90. The molecule has 1 aromatic rings. The van der Waals surface area contributed by atoms with Crippen molar-refractivity contribution in [2.75, 3.05) is 26.7 Å². The Kier molecular flexibility index (Phi) is 5.67. The van der Waals surface area contributed by atoms with E-state index in [9.17, 15) is 4.79 Å². The molecule has 0 aliphatic carbocycles. The van der Waals surface area contributed by atoms with Crippen molar-refractivity contribution in [1.82, 2.24) is 0 Å². The molecule has 2 fully saturated rings. The van der Waals surface area contributed by atoms with E-state index in [0.29, 0.717) is 24.1 Å². The summed E-state index contributed by atoms with van der Waals surface area (Å²) in [6.45, 7) is 7.11. The zero-order valence-corrected chi connectivity index (χ0v) is 15.9. The molecule has 2 aliphatic heterocycles. The van der Waals surface area contributed by atoms with Gasteiger partial charge in [0, 0.05) is 12.3 Å². The van der Waals surface area contributed by atoms with E-state index >= 15 is 0 Å². The second-order valence-electron chi connectivity index (χ2n) is 8.18. The number of hydrogen-bond acceptors (Lipinski definition) is 3. The summed E-state index contributed by atoms with van der Waals surface area (Å²) in [5, 5.41) is 0. The molecule has 0 spiro atoms. The molecule has 0 amide bonds. The van der Waals surface area contributed by atoms with Gasteiger partial charge in [0.05, 0.1) is 37.8 Å². The van der Waals surface area contributed by atoms with Gasteiger partial charge in [-0.15, -0.1) is 0 Å². The molecule has 138 valence electrons. The van der Waals surface area contributed by atoms with Crippen LogP contribution in [0.4, 0.5) is 0 Å². The number of esters is 1. The van der Waals surface area contributed by atoms with Crippen LogP contribution in [0.15, 0.2) is 24.3 Å². The fourth-order valence-electron chi connectivity index (χ4n) is 4.64. The Morgan fingerprint density at radius 3 is 2.56 bits per heavy atom. The highest BCUT2D eigenvalue weighted by molar-refractivity contribution is 5.89. The molecule has 0 aromatic heterocycles. The van der Waals surface area contributed by atoms with Crippen molar-refractivity contribution in [3.05, 3.63) is 29.8 Å². The SMILES string of the molecule is CC(C)Oc1ccc(C(=O)OC[C@@H]2CCC[N@+]3(C)CCCC[C@H]23)cc1. The second kappa shape index (κ2) is 7.77. The number of ether oxygens (including phenoxy) is 2. The first-order chi connectivity index (χ1) is 12.0. The van der Waals surface area contributed by atoms with Crippen LogP contribution in [-0.2, 0) is 4.74 Å². The summed E-state index contributed by atoms with van der Waals surface area (Å²) in [6, 6.07) is 7.93. The van der Waals surface area contributed by atoms with Gasteiger partial charge in [-0.3, -0.25) is 0 Å². The summed E-state index contributed by atoms with van der Waals surface area (Å²) in [5.74, 6) is 1.08. The number of carbonyl (C=O) groups excluding carboxylic acids is 1. The number of rotatable bonds is 5. The number of nitrogens with zero attached hydrogens (tertiary/aromatic N) is 1. The molecule has 2 aliphatic rings. The zero-order valence-electron chi connectivity index (χ0n) is 15.9. The molecular formula is C21H32NO3+. The van der Waals surface area contributed by atoms with Gasteiger partial charge in [-0.2, -0.15) is 0 Å². The number of piperidine rings is 2. The van der Waals surface area contributed by atoms with Gasteiger partial charge in [-0.25, -0.2) is 4.79 Å². The predicted octanol–water partition coefficient (Wildman–Crippen LogP) is 4.04. The van der Waals surface area contributed by atoms with Gasteiger partial charge in [-0.05, 0) is 63.8 Å². The third-order valence-electron chi connectivity index (χ3n) is 5.90. The summed E-state index contributed by atoms with van der Waals surface area (Å²) in [5.41, 5.74) is 0.604. The average molecular weight is 346 g/mol. The van der Waals surface area contributed by atoms with Crippen LogP contribution < -0.4 is 4.74 Å². The standard InChI is InChI=1S/C21H32NO3/c1-16(2)25-19-11-9-17(10-12-19)21(23)24-15-18-7-6-14-22(3)13-5-4-8-20(18)22/h9-12,16,18,20H,4-8,13-15H2,1-3H3/q+1/t18-,20+,22-/m0/s1. The topological polar surface area (TPSA) is 35.5 Å². The molecule has 3 atom stereocenters. The largest absolute Gasteiger partial charge is 0.491 e.